The maximum atomic E-state index is 14.4. The van der Waals surface area contributed by atoms with Crippen LogP contribution >= 0.6 is 23.1 Å². The predicted molar refractivity (Wildman–Crippen MR) is 133 cm³/mol. The molecule has 1 saturated carbocycles. The van der Waals surface area contributed by atoms with Gasteiger partial charge in [0.2, 0.25) is 5.91 Å². The Bertz CT molecular complexity index is 1270. The summed E-state index contributed by atoms with van der Waals surface area (Å²) in [5, 5.41) is 11.2. The van der Waals surface area contributed by atoms with Gasteiger partial charge in [-0.25, -0.2) is 4.39 Å². The number of methoxy groups -OCH3 is 1. The van der Waals surface area contributed by atoms with Crippen molar-refractivity contribution in [1.82, 2.24) is 14.8 Å². The highest BCUT2D eigenvalue weighted by atomic mass is 32.2. The van der Waals surface area contributed by atoms with Crippen molar-refractivity contribution in [2.75, 3.05) is 17.8 Å². The molecule has 6 nitrogen and oxygen atoms in total. The summed E-state index contributed by atoms with van der Waals surface area (Å²) in [4.78, 5) is 16.3. The van der Waals surface area contributed by atoms with Crippen molar-refractivity contribution < 1.29 is 13.9 Å². The predicted octanol–water partition coefficient (Wildman–Crippen LogP) is 5.81. The zero-order valence-electron chi connectivity index (χ0n) is 18.6. The number of halogens is 1. The first-order valence-corrected chi connectivity index (χ1v) is 12.8. The average Bonchev–Trinajstić information content (AvgIpc) is 3.40. The van der Waals surface area contributed by atoms with Gasteiger partial charge >= 0.3 is 0 Å². The fourth-order valence-electron chi connectivity index (χ4n) is 3.71. The van der Waals surface area contributed by atoms with Gasteiger partial charge in [0.15, 0.2) is 11.0 Å². The van der Waals surface area contributed by atoms with E-state index in [-0.39, 0.29) is 23.5 Å². The number of nitrogens with zero attached hydrogens (tertiary/aromatic N) is 4. The molecule has 0 radical (unpaired) electrons. The molecule has 1 aliphatic carbocycles. The molecule has 2 heterocycles. The third-order valence-electron chi connectivity index (χ3n) is 5.60. The Morgan fingerprint density at radius 3 is 2.62 bits per heavy atom. The second kappa shape index (κ2) is 9.99. The topological polar surface area (TPSA) is 60.2 Å². The van der Waals surface area contributed by atoms with E-state index in [1.165, 1.54) is 17.8 Å². The highest BCUT2D eigenvalue weighted by Crippen LogP contribution is 2.41. The minimum Gasteiger partial charge on any atom is -0.497 e. The molecule has 0 atom stereocenters. The largest absolute Gasteiger partial charge is 0.497 e. The van der Waals surface area contributed by atoms with E-state index < -0.39 is 0 Å². The van der Waals surface area contributed by atoms with Crippen molar-refractivity contribution in [2.24, 2.45) is 0 Å². The number of anilines is 1. The minimum absolute atomic E-state index is 0.0404. The van der Waals surface area contributed by atoms with Gasteiger partial charge in [-0.15, -0.1) is 21.5 Å². The Hall–Kier alpha value is -3.17. The average molecular weight is 495 g/mol. The Morgan fingerprint density at radius 1 is 1.15 bits per heavy atom. The summed E-state index contributed by atoms with van der Waals surface area (Å²) in [5.41, 5.74) is 1.23. The third-order valence-corrected chi connectivity index (χ3v) is 7.38. The van der Waals surface area contributed by atoms with Crippen LogP contribution in [-0.2, 0) is 11.3 Å². The number of benzene rings is 2. The fraction of sp³-hybridized carbons (Fsp3) is 0.240. The molecule has 1 amide bonds. The molecule has 2 aromatic heterocycles. The molecule has 5 rings (SSSR count). The Morgan fingerprint density at radius 2 is 1.94 bits per heavy atom. The summed E-state index contributed by atoms with van der Waals surface area (Å²) in [7, 11) is 1.62. The van der Waals surface area contributed by atoms with Crippen LogP contribution in [0.2, 0.25) is 0 Å². The van der Waals surface area contributed by atoms with Crippen molar-refractivity contribution in [1.29, 1.82) is 0 Å². The summed E-state index contributed by atoms with van der Waals surface area (Å²) < 4.78 is 21.7. The summed E-state index contributed by atoms with van der Waals surface area (Å²) in [6.45, 7) is 0.485. The first kappa shape index (κ1) is 22.6. The zero-order chi connectivity index (χ0) is 23.5. The smallest absolute Gasteiger partial charge is 0.237 e. The number of hydrogen-bond donors (Lipinski definition) is 0. The third kappa shape index (κ3) is 4.85. The standard InChI is InChI=1S/C25H23FN4O2S2/c1-32-19-12-10-17(11-13-19)29(15-20-5-4-14-33-20)23(31)16-34-25-28-27-24(30(25)18-8-9-18)21-6-2-3-7-22(21)26/h2-7,10-14,18H,8-9,15-16H2,1H3. The number of ether oxygens (including phenoxy) is 1. The van der Waals surface area contributed by atoms with Crippen LogP contribution in [0.25, 0.3) is 11.4 Å². The van der Waals surface area contributed by atoms with Gasteiger partial charge < -0.3 is 9.64 Å². The second-order valence-electron chi connectivity index (χ2n) is 7.93. The molecule has 1 fully saturated rings. The monoisotopic (exact) mass is 494 g/mol. The van der Waals surface area contributed by atoms with E-state index in [1.807, 2.05) is 46.3 Å². The van der Waals surface area contributed by atoms with Gasteiger partial charge in [-0.1, -0.05) is 30.0 Å². The lowest BCUT2D eigenvalue weighted by atomic mass is 10.2. The minimum atomic E-state index is -0.328. The van der Waals surface area contributed by atoms with Crippen molar-refractivity contribution in [2.45, 2.75) is 30.6 Å². The SMILES string of the molecule is COc1ccc(N(Cc2cccs2)C(=O)CSc2nnc(-c3ccccc3F)n2C2CC2)cc1. The molecule has 0 unspecified atom stereocenters. The van der Waals surface area contributed by atoms with Crippen molar-refractivity contribution in [3.8, 4) is 17.1 Å². The summed E-state index contributed by atoms with van der Waals surface area (Å²) in [6, 6.07) is 18.3. The van der Waals surface area contributed by atoms with Gasteiger partial charge in [0, 0.05) is 16.6 Å². The van der Waals surface area contributed by atoms with Gasteiger partial charge in [0.05, 0.1) is 25.0 Å². The molecule has 0 saturated heterocycles. The molecule has 34 heavy (non-hydrogen) atoms. The molecule has 4 aromatic rings. The fourth-order valence-corrected chi connectivity index (χ4v) is 5.29. The van der Waals surface area contributed by atoms with Crippen LogP contribution in [0.5, 0.6) is 5.75 Å². The number of aromatic nitrogens is 3. The zero-order valence-corrected chi connectivity index (χ0v) is 20.2. The lowest BCUT2D eigenvalue weighted by molar-refractivity contribution is -0.116. The van der Waals surface area contributed by atoms with Crippen LogP contribution in [0.3, 0.4) is 0 Å². The highest BCUT2D eigenvalue weighted by Gasteiger charge is 2.31. The van der Waals surface area contributed by atoms with E-state index in [2.05, 4.69) is 10.2 Å². The maximum Gasteiger partial charge on any atom is 0.237 e. The van der Waals surface area contributed by atoms with Gasteiger partial charge in [0.25, 0.3) is 0 Å². The number of thioether (sulfide) groups is 1. The second-order valence-corrected chi connectivity index (χ2v) is 9.91. The van der Waals surface area contributed by atoms with E-state index in [1.54, 1.807) is 41.5 Å². The molecular weight excluding hydrogens is 471 g/mol. The van der Waals surface area contributed by atoms with Gasteiger partial charge in [-0.05, 0) is 60.7 Å². The van der Waals surface area contributed by atoms with Crippen LogP contribution in [-0.4, -0.2) is 33.5 Å². The first-order chi connectivity index (χ1) is 16.6. The van der Waals surface area contributed by atoms with E-state index >= 15 is 0 Å². The van der Waals surface area contributed by atoms with Gasteiger partial charge in [-0.2, -0.15) is 0 Å². The number of carbonyl (C=O) groups is 1. The van der Waals surface area contributed by atoms with Crippen LogP contribution in [0.15, 0.2) is 71.2 Å². The molecule has 0 spiro atoms. The maximum absolute atomic E-state index is 14.4. The lowest BCUT2D eigenvalue weighted by Crippen LogP contribution is -2.31. The molecule has 0 aliphatic heterocycles. The molecule has 0 N–H and O–H groups in total. The number of rotatable bonds is 9. The number of carbonyl (C=O) groups excluding carboxylic acids is 1. The van der Waals surface area contributed by atoms with Crippen molar-refractivity contribution in [3.63, 3.8) is 0 Å². The highest BCUT2D eigenvalue weighted by molar-refractivity contribution is 7.99. The molecule has 1 aliphatic rings. The lowest BCUT2D eigenvalue weighted by Gasteiger charge is -2.22. The van der Waals surface area contributed by atoms with Gasteiger partial charge in [0.1, 0.15) is 11.6 Å². The van der Waals surface area contributed by atoms with E-state index in [9.17, 15) is 9.18 Å². The molecule has 174 valence electrons. The normalized spacial score (nSPS) is 13.1. The van der Waals surface area contributed by atoms with Crippen LogP contribution in [0, 0.1) is 5.82 Å². The molecule has 0 bridgehead atoms. The van der Waals surface area contributed by atoms with Crippen LogP contribution in [0.4, 0.5) is 10.1 Å². The van der Waals surface area contributed by atoms with Crippen molar-refractivity contribution >= 4 is 34.7 Å². The summed E-state index contributed by atoms with van der Waals surface area (Å²) >= 11 is 2.96. The molecule has 9 heteroatoms. The number of thiophene rings is 1. The quantitative estimate of drug-likeness (QED) is 0.275. The van der Waals surface area contributed by atoms with Crippen molar-refractivity contribution in [3.05, 3.63) is 76.7 Å². The van der Waals surface area contributed by atoms with E-state index in [0.29, 0.717) is 23.1 Å². The summed E-state index contributed by atoms with van der Waals surface area (Å²) in [6.07, 6.45) is 1.99. The Kier molecular flexibility index (Phi) is 6.64. The number of amides is 1. The van der Waals surface area contributed by atoms with Crippen LogP contribution in [0.1, 0.15) is 23.8 Å². The van der Waals surface area contributed by atoms with Crippen LogP contribution < -0.4 is 9.64 Å². The number of hydrogen-bond acceptors (Lipinski definition) is 6. The molecule has 2 aromatic carbocycles. The molecular formula is C25H23FN4O2S2. The van der Waals surface area contributed by atoms with E-state index in [4.69, 9.17) is 4.74 Å². The summed E-state index contributed by atoms with van der Waals surface area (Å²) in [5.74, 6) is 1.08. The van der Waals surface area contributed by atoms with E-state index in [0.717, 1.165) is 29.2 Å². The Labute approximate surface area is 205 Å². The Balaban J connectivity index is 1.37. The van der Waals surface area contributed by atoms with Gasteiger partial charge in [-0.3, -0.25) is 9.36 Å². The first-order valence-electron chi connectivity index (χ1n) is 10.9.